The van der Waals surface area contributed by atoms with Crippen LogP contribution >= 0.6 is 23.7 Å². The highest BCUT2D eigenvalue weighted by Gasteiger charge is 2.17. The molecule has 0 saturated heterocycles. The van der Waals surface area contributed by atoms with E-state index in [4.69, 9.17) is 5.73 Å². The number of amidine groups is 1. The molecule has 3 nitrogen and oxygen atoms in total. The van der Waals surface area contributed by atoms with Crippen LogP contribution in [-0.4, -0.2) is 5.84 Å². The lowest BCUT2D eigenvalue weighted by molar-refractivity contribution is 0.509. The molecule has 3 N–H and O–H groups in total. The number of hydrogen-bond donors (Lipinski definition) is 2. The molecule has 7 heteroatoms. The SMILES string of the molecule is Cl.NC1=Nc2cc(F)c(F)cc2Nc2sccc21. The Morgan fingerprint density at radius 1 is 1.22 bits per heavy atom. The highest BCUT2D eigenvalue weighted by atomic mass is 35.5. The Hall–Kier alpha value is -1.66. The van der Waals surface area contributed by atoms with Gasteiger partial charge in [0.05, 0.1) is 16.9 Å². The number of rotatable bonds is 0. The Morgan fingerprint density at radius 3 is 2.72 bits per heavy atom. The van der Waals surface area contributed by atoms with E-state index < -0.39 is 11.6 Å². The van der Waals surface area contributed by atoms with Crippen molar-refractivity contribution in [2.45, 2.75) is 0 Å². The predicted octanol–water partition coefficient (Wildman–Crippen LogP) is 3.54. The molecule has 1 aromatic carbocycles. The van der Waals surface area contributed by atoms with Crippen LogP contribution in [0.2, 0.25) is 0 Å². The standard InChI is InChI=1S/C11H7F2N3S.ClH/c12-6-3-8-9(4-7(6)13)16-11-5(1-2-17-11)10(14)15-8;/h1-4,16H,(H2,14,15);1H. The quantitative estimate of drug-likeness (QED) is 0.778. The van der Waals surface area contributed by atoms with Crippen LogP contribution in [0.4, 0.5) is 25.2 Å². The van der Waals surface area contributed by atoms with Crippen molar-refractivity contribution in [3.05, 3.63) is 40.8 Å². The second-order valence-electron chi connectivity index (χ2n) is 3.57. The van der Waals surface area contributed by atoms with Gasteiger partial charge in [-0.05, 0) is 11.4 Å². The van der Waals surface area contributed by atoms with Crippen molar-refractivity contribution in [2.24, 2.45) is 10.7 Å². The summed E-state index contributed by atoms with van der Waals surface area (Å²) in [4.78, 5) is 4.09. The highest BCUT2D eigenvalue weighted by molar-refractivity contribution is 7.14. The van der Waals surface area contributed by atoms with Gasteiger partial charge >= 0.3 is 0 Å². The first-order valence-corrected chi connectivity index (χ1v) is 5.71. The maximum absolute atomic E-state index is 13.1. The Morgan fingerprint density at radius 2 is 1.94 bits per heavy atom. The minimum Gasteiger partial charge on any atom is -0.383 e. The minimum atomic E-state index is -0.938. The number of fused-ring (bicyclic) bond motifs is 2. The minimum absolute atomic E-state index is 0. The molecule has 0 spiro atoms. The highest BCUT2D eigenvalue weighted by Crippen LogP contribution is 2.37. The number of nitrogens with one attached hydrogen (secondary N) is 1. The summed E-state index contributed by atoms with van der Waals surface area (Å²) < 4.78 is 26.3. The molecule has 94 valence electrons. The van der Waals surface area contributed by atoms with Crippen LogP contribution in [0.25, 0.3) is 0 Å². The predicted molar refractivity (Wildman–Crippen MR) is 71.6 cm³/mol. The molecular formula is C11H8ClF2N3S. The number of nitrogens with two attached hydrogens (primary N) is 1. The van der Waals surface area contributed by atoms with Crippen LogP contribution in [0.1, 0.15) is 5.56 Å². The van der Waals surface area contributed by atoms with Crippen LogP contribution in [0.5, 0.6) is 0 Å². The molecule has 0 aliphatic carbocycles. The van der Waals surface area contributed by atoms with Crippen LogP contribution in [0, 0.1) is 11.6 Å². The van der Waals surface area contributed by atoms with E-state index in [2.05, 4.69) is 10.3 Å². The lowest BCUT2D eigenvalue weighted by Crippen LogP contribution is -2.11. The number of halogens is 3. The van der Waals surface area contributed by atoms with Gasteiger partial charge in [0, 0.05) is 12.1 Å². The second-order valence-corrected chi connectivity index (χ2v) is 4.49. The van der Waals surface area contributed by atoms with Gasteiger partial charge in [-0.25, -0.2) is 13.8 Å². The van der Waals surface area contributed by atoms with E-state index in [0.717, 1.165) is 22.7 Å². The molecule has 2 heterocycles. The Bertz CT molecular complexity index is 639. The van der Waals surface area contributed by atoms with Crippen molar-refractivity contribution in [1.82, 2.24) is 0 Å². The molecule has 0 fully saturated rings. The third-order valence-electron chi connectivity index (χ3n) is 2.47. The summed E-state index contributed by atoms with van der Waals surface area (Å²) in [5.41, 5.74) is 7.24. The summed E-state index contributed by atoms with van der Waals surface area (Å²) in [6.45, 7) is 0. The van der Waals surface area contributed by atoms with E-state index in [9.17, 15) is 8.78 Å². The normalized spacial score (nSPS) is 12.4. The first-order chi connectivity index (χ1) is 8.15. The summed E-state index contributed by atoms with van der Waals surface area (Å²) in [7, 11) is 0. The number of thiophene rings is 1. The zero-order chi connectivity index (χ0) is 12.0. The van der Waals surface area contributed by atoms with Crippen LogP contribution in [-0.2, 0) is 0 Å². The zero-order valence-electron chi connectivity index (χ0n) is 8.91. The lowest BCUT2D eigenvalue weighted by Gasteiger charge is -2.06. The van der Waals surface area contributed by atoms with Gasteiger partial charge < -0.3 is 11.1 Å². The molecule has 18 heavy (non-hydrogen) atoms. The van der Waals surface area contributed by atoms with E-state index in [1.165, 1.54) is 11.3 Å². The van der Waals surface area contributed by atoms with Crippen LogP contribution in [0.15, 0.2) is 28.6 Å². The fraction of sp³-hybridized carbons (Fsp3) is 0. The van der Waals surface area contributed by atoms with Crippen molar-refractivity contribution in [2.75, 3.05) is 5.32 Å². The van der Waals surface area contributed by atoms with E-state index in [1.54, 1.807) is 0 Å². The average Bonchev–Trinajstić information content (AvgIpc) is 2.69. The van der Waals surface area contributed by atoms with E-state index in [-0.39, 0.29) is 12.4 Å². The third kappa shape index (κ3) is 1.93. The van der Waals surface area contributed by atoms with Gasteiger partial charge in [-0.15, -0.1) is 23.7 Å². The van der Waals surface area contributed by atoms with Gasteiger partial charge in [-0.3, -0.25) is 0 Å². The molecule has 2 aromatic rings. The molecule has 1 aliphatic rings. The second kappa shape index (κ2) is 4.55. The Balaban J connectivity index is 0.00000120. The summed E-state index contributed by atoms with van der Waals surface area (Å²) in [6.07, 6.45) is 0. The first-order valence-electron chi connectivity index (χ1n) is 4.83. The van der Waals surface area contributed by atoms with E-state index in [0.29, 0.717) is 17.2 Å². The van der Waals surface area contributed by atoms with Crippen molar-refractivity contribution in [3.8, 4) is 0 Å². The van der Waals surface area contributed by atoms with Crippen LogP contribution in [0.3, 0.4) is 0 Å². The third-order valence-corrected chi connectivity index (χ3v) is 3.30. The molecule has 0 saturated carbocycles. The Kier molecular flexibility index (Phi) is 3.23. The maximum Gasteiger partial charge on any atom is 0.161 e. The molecule has 0 amide bonds. The molecule has 0 bridgehead atoms. The van der Waals surface area contributed by atoms with Crippen molar-refractivity contribution in [1.29, 1.82) is 0 Å². The van der Waals surface area contributed by atoms with Gasteiger partial charge in [0.15, 0.2) is 11.6 Å². The molecule has 0 unspecified atom stereocenters. The summed E-state index contributed by atoms with van der Waals surface area (Å²) in [6, 6.07) is 3.92. The number of aliphatic imine (C=N–C) groups is 1. The van der Waals surface area contributed by atoms with Crippen molar-refractivity contribution < 1.29 is 8.78 Å². The van der Waals surface area contributed by atoms with E-state index >= 15 is 0 Å². The Labute approximate surface area is 112 Å². The zero-order valence-corrected chi connectivity index (χ0v) is 10.5. The first kappa shape index (κ1) is 12.8. The monoisotopic (exact) mass is 287 g/mol. The van der Waals surface area contributed by atoms with Gasteiger partial charge in [0.25, 0.3) is 0 Å². The molecule has 0 atom stereocenters. The van der Waals surface area contributed by atoms with Gasteiger partial charge in [-0.1, -0.05) is 0 Å². The van der Waals surface area contributed by atoms with E-state index in [1.807, 2.05) is 11.4 Å². The largest absolute Gasteiger partial charge is 0.383 e. The van der Waals surface area contributed by atoms with Crippen LogP contribution < -0.4 is 11.1 Å². The molecule has 1 aliphatic heterocycles. The summed E-state index contributed by atoms with van der Waals surface area (Å²) in [5, 5.41) is 5.62. The smallest absolute Gasteiger partial charge is 0.161 e. The van der Waals surface area contributed by atoms with Crippen molar-refractivity contribution in [3.63, 3.8) is 0 Å². The number of anilines is 2. The molecule has 0 radical (unpaired) electrons. The average molecular weight is 288 g/mol. The lowest BCUT2D eigenvalue weighted by atomic mass is 10.2. The maximum atomic E-state index is 13.1. The molecular weight excluding hydrogens is 280 g/mol. The fourth-order valence-electron chi connectivity index (χ4n) is 1.65. The topological polar surface area (TPSA) is 50.4 Å². The summed E-state index contributed by atoms with van der Waals surface area (Å²) in [5.74, 6) is -1.56. The molecule has 1 aromatic heterocycles. The number of nitrogens with zero attached hydrogens (tertiary/aromatic N) is 1. The van der Waals surface area contributed by atoms with Gasteiger partial charge in [-0.2, -0.15) is 0 Å². The molecule has 3 rings (SSSR count). The fourth-order valence-corrected chi connectivity index (χ4v) is 2.46. The number of hydrogen-bond acceptors (Lipinski definition) is 4. The number of benzene rings is 1. The van der Waals surface area contributed by atoms with Crippen molar-refractivity contribution >= 4 is 46.0 Å². The summed E-state index contributed by atoms with van der Waals surface area (Å²) >= 11 is 1.43. The van der Waals surface area contributed by atoms with Gasteiger partial charge in [0.1, 0.15) is 10.8 Å². The van der Waals surface area contributed by atoms with Gasteiger partial charge in [0.2, 0.25) is 0 Å².